The maximum atomic E-state index is 5.96. The highest BCUT2D eigenvalue weighted by Gasteiger charge is 2.06. The Hall–Kier alpha value is -1.39. The van der Waals surface area contributed by atoms with Gasteiger partial charge in [-0.25, -0.2) is 0 Å². The van der Waals surface area contributed by atoms with E-state index in [1.54, 1.807) is 4.68 Å². The molecular weight excluding hydrogens is 236 g/mol. The van der Waals surface area contributed by atoms with Crippen LogP contribution < -0.4 is 5.32 Å². The van der Waals surface area contributed by atoms with Crippen LogP contribution in [0.25, 0.3) is 0 Å². The Morgan fingerprint density at radius 1 is 1.47 bits per heavy atom. The summed E-state index contributed by atoms with van der Waals surface area (Å²) < 4.78 is 1.70. The fourth-order valence-electron chi connectivity index (χ4n) is 1.63. The first kappa shape index (κ1) is 12.1. The van der Waals surface area contributed by atoms with Crippen LogP contribution in [0.2, 0.25) is 5.02 Å². The molecule has 0 aliphatic heterocycles. The van der Waals surface area contributed by atoms with E-state index in [-0.39, 0.29) is 6.04 Å². The minimum atomic E-state index is 0.232. The molecule has 1 aromatic carbocycles. The van der Waals surface area contributed by atoms with Crippen LogP contribution in [0.5, 0.6) is 0 Å². The summed E-state index contributed by atoms with van der Waals surface area (Å²) >= 11 is 5.96. The lowest BCUT2D eigenvalue weighted by Crippen LogP contribution is -2.18. The summed E-state index contributed by atoms with van der Waals surface area (Å²) in [5.74, 6) is 0. The van der Waals surface area contributed by atoms with Crippen LogP contribution in [0.4, 0.5) is 0 Å². The van der Waals surface area contributed by atoms with E-state index < -0.39 is 0 Å². The summed E-state index contributed by atoms with van der Waals surface area (Å²) in [4.78, 5) is 0. The van der Waals surface area contributed by atoms with Gasteiger partial charge in [0.05, 0.1) is 5.69 Å². The highest BCUT2D eigenvalue weighted by atomic mass is 35.5. The molecule has 0 saturated heterocycles. The maximum absolute atomic E-state index is 5.96. The lowest BCUT2D eigenvalue weighted by molar-refractivity contribution is 0.567. The molecule has 0 saturated carbocycles. The van der Waals surface area contributed by atoms with Crippen LogP contribution in [-0.2, 0) is 13.6 Å². The van der Waals surface area contributed by atoms with Gasteiger partial charge in [-0.05, 0) is 24.6 Å². The predicted octanol–water partition coefficient (Wildman–Crippen LogP) is 2.32. The van der Waals surface area contributed by atoms with Crippen molar-refractivity contribution in [1.29, 1.82) is 0 Å². The molecular formula is C12H15ClN4. The first-order valence-electron chi connectivity index (χ1n) is 5.49. The zero-order valence-electron chi connectivity index (χ0n) is 9.89. The molecule has 1 atom stereocenters. The second-order valence-corrected chi connectivity index (χ2v) is 4.48. The molecule has 0 spiro atoms. The van der Waals surface area contributed by atoms with Crippen LogP contribution in [0.15, 0.2) is 30.5 Å². The van der Waals surface area contributed by atoms with Gasteiger partial charge in [-0.3, -0.25) is 4.68 Å². The van der Waals surface area contributed by atoms with E-state index >= 15 is 0 Å². The molecule has 1 aromatic heterocycles. The third-order valence-corrected chi connectivity index (χ3v) is 2.82. The Balaban J connectivity index is 1.95. The van der Waals surface area contributed by atoms with E-state index in [9.17, 15) is 0 Å². The Bertz CT molecular complexity index is 495. The van der Waals surface area contributed by atoms with E-state index in [4.69, 9.17) is 11.6 Å². The van der Waals surface area contributed by atoms with Crippen molar-refractivity contribution in [3.63, 3.8) is 0 Å². The van der Waals surface area contributed by atoms with Crippen molar-refractivity contribution < 1.29 is 0 Å². The number of halogens is 1. The highest BCUT2D eigenvalue weighted by molar-refractivity contribution is 6.30. The Kier molecular flexibility index (Phi) is 3.76. The zero-order chi connectivity index (χ0) is 12.3. The van der Waals surface area contributed by atoms with Gasteiger partial charge in [-0.1, -0.05) is 28.9 Å². The van der Waals surface area contributed by atoms with Gasteiger partial charge < -0.3 is 5.32 Å². The van der Waals surface area contributed by atoms with Gasteiger partial charge in [0, 0.05) is 30.9 Å². The van der Waals surface area contributed by atoms with Crippen molar-refractivity contribution in [1.82, 2.24) is 20.3 Å². The molecule has 2 rings (SSSR count). The first-order chi connectivity index (χ1) is 8.15. The van der Waals surface area contributed by atoms with Gasteiger partial charge in [0.25, 0.3) is 0 Å². The summed E-state index contributed by atoms with van der Waals surface area (Å²) in [6, 6.07) is 8.09. The summed E-state index contributed by atoms with van der Waals surface area (Å²) in [6.45, 7) is 2.80. The van der Waals surface area contributed by atoms with Crippen molar-refractivity contribution in [2.45, 2.75) is 19.5 Å². The molecule has 0 amide bonds. The standard InChI is InChI=1S/C12H15ClN4/c1-9(10-4-3-5-11(13)6-10)14-7-12-8-17(2)16-15-12/h3-6,8-9,14H,7H2,1-2H3/t9-/m1/s1. The van der Waals surface area contributed by atoms with E-state index in [2.05, 4.69) is 28.6 Å². The van der Waals surface area contributed by atoms with Crippen LogP contribution in [0.3, 0.4) is 0 Å². The largest absolute Gasteiger partial charge is 0.304 e. The van der Waals surface area contributed by atoms with Gasteiger partial charge in [0.15, 0.2) is 0 Å². The second-order valence-electron chi connectivity index (χ2n) is 4.04. The maximum Gasteiger partial charge on any atom is 0.0964 e. The van der Waals surface area contributed by atoms with E-state index in [0.29, 0.717) is 6.54 Å². The lowest BCUT2D eigenvalue weighted by Gasteiger charge is -2.13. The van der Waals surface area contributed by atoms with Crippen molar-refractivity contribution in [3.8, 4) is 0 Å². The van der Waals surface area contributed by atoms with Crippen LogP contribution >= 0.6 is 11.6 Å². The van der Waals surface area contributed by atoms with Crippen LogP contribution in [0.1, 0.15) is 24.2 Å². The molecule has 1 heterocycles. The van der Waals surface area contributed by atoms with E-state index in [0.717, 1.165) is 10.7 Å². The minimum absolute atomic E-state index is 0.232. The third-order valence-electron chi connectivity index (χ3n) is 2.59. The van der Waals surface area contributed by atoms with Gasteiger partial charge in [-0.2, -0.15) is 0 Å². The monoisotopic (exact) mass is 250 g/mol. The topological polar surface area (TPSA) is 42.7 Å². The number of nitrogens with zero attached hydrogens (tertiary/aromatic N) is 3. The average molecular weight is 251 g/mol. The normalized spacial score (nSPS) is 12.6. The third kappa shape index (κ3) is 3.28. The van der Waals surface area contributed by atoms with Gasteiger partial charge in [0.1, 0.15) is 0 Å². The summed E-state index contributed by atoms with van der Waals surface area (Å²) in [7, 11) is 1.86. The molecule has 0 bridgehead atoms. The molecule has 1 N–H and O–H groups in total. The Morgan fingerprint density at radius 2 is 2.29 bits per heavy atom. The van der Waals surface area contributed by atoms with Crippen molar-refractivity contribution in [2.75, 3.05) is 0 Å². The summed E-state index contributed by atoms with van der Waals surface area (Å²) in [5, 5.41) is 12.1. The number of hydrogen-bond donors (Lipinski definition) is 1. The first-order valence-corrected chi connectivity index (χ1v) is 5.87. The Morgan fingerprint density at radius 3 is 2.94 bits per heavy atom. The van der Waals surface area contributed by atoms with Gasteiger partial charge in [0.2, 0.25) is 0 Å². The van der Waals surface area contributed by atoms with Crippen LogP contribution in [-0.4, -0.2) is 15.0 Å². The number of benzene rings is 1. The minimum Gasteiger partial charge on any atom is -0.304 e. The van der Waals surface area contributed by atoms with Crippen molar-refractivity contribution in [2.24, 2.45) is 7.05 Å². The molecule has 0 aliphatic rings. The molecule has 90 valence electrons. The quantitative estimate of drug-likeness (QED) is 0.906. The number of nitrogens with one attached hydrogen (secondary N) is 1. The van der Waals surface area contributed by atoms with Crippen LogP contribution in [0, 0.1) is 0 Å². The number of aromatic nitrogens is 3. The molecule has 17 heavy (non-hydrogen) atoms. The predicted molar refractivity (Wildman–Crippen MR) is 67.7 cm³/mol. The van der Waals surface area contributed by atoms with E-state index in [1.165, 1.54) is 5.56 Å². The second kappa shape index (κ2) is 5.29. The van der Waals surface area contributed by atoms with Gasteiger partial charge >= 0.3 is 0 Å². The average Bonchev–Trinajstić information content (AvgIpc) is 2.72. The zero-order valence-corrected chi connectivity index (χ0v) is 10.6. The molecule has 2 aromatic rings. The van der Waals surface area contributed by atoms with E-state index in [1.807, 2.05) is 31.4 Å². The SMILES string of the molecule is C[C@@H](NCc1cn(C)nn1)c1cccc(Cl)c1. The summed E-state index contributed by atoms with van der Waals surface area (Å²) in [5.41, 5.74) is 2.10. The fourth-order valence-corrected chi connectivity index (χ4v) is 1.83. The smallest absolute Gasteiger partial charge is 0.0964 e. The number of rotatable bonds is 4. The van der Waals surface area contributed by atoms with Crippen molar-refractivity contribution in [3.05, 3.63) is 46.7 Å². The summed E-state index contributed by atoms with van der Waals surface area (Å²) in [6.07, 6.45) is 1.90. The molecule has 0 fully saturated rings. The lowest BCUT2D eigenvalue weighted by atomic mass is 10.1. The molecule has 0 aliphatic carbocycles. The molecule has 0 radical (unpaired) electrons. The molecule has 0 unspecified atom stereocenters. The molecule has 4 nitrogen and oxygen atoms in total. The number of hydrogen-bond acceptors (Lipinski definition) is 3. The molecule has 5 heteroatoms. The highest BCUT2D eigenvalue weighted by Crippen LogP contribution is 2.17. The number of aryl methyl sites for hydroxylation is 1. The van der Waals surface area contributed by atoms with Gasteiger partial charge in [-0.15, -0.1) is 5.10 Å². The van der Waals surface area contributed by atoms with Crippen molar-refractivity contribution >= 4 is 11.6 Å². The Labute approximate surface area is 106 Å². The fraction of sp³-hybridized carbons (Fsp3) is 0.333.